The number of benzene rings is 1. The van der Waals surface area contributed by atoms with Gasteiger partial charge in [0.15, 0.2) is 0 Å². The first-order valence-corrected chi connectivity index (χ1v) is 8.03. The predicted octanol–water partition coefficient (Wildman–Crippen LogP) is 4.11. The van der Waals surface area contributed by atoms with Crippen LogP contribution >= 0.6 is 47.8 Å². The fraction of sp³-hybridized carbons (Fsp3) is 0.417. The average Bonchev–Trinajstić information content (AvgIpc) is 2.34. The Morgan fingerprint density at radius 2 is 2.06 bits per heavy atom. The van der Waals surface area contributed by atoms with Gasteiger partial charge in [0.2, 0.25) is 5.91 Å². The quantitative estimate of drug-likeness (QED) is 0.646. The number of nitrogens with zero attached hydrogens (tertiary/aromatic N) is 1. The Hall–Kier alpha value is -0.0700. The van der Waals surface area contributed by atoms with E-state index in [9.17, 15) is 4.79 Å². The van der Waals surface area contributed by atoms with Crippen LogP contribution in [0.2, 0.25) is 0 Å². The topological polar surface area (TPSA) is 29.5 Å². The molecule has 1 unspecified atom stereocenters. The highest BCUT2D eigenvalue weighted by atomic mass is 79.9. The van der Waals surface area contributed by atoms with Crippen molar-refractivity contribution in [2.45, 2.75) is 17.7 Å². The van der Waals surface area contributed by atoms with E-state index in [-0.39, 0.29) is 10.7 Å². The van der Waals surface area contributed by atoms with Gasteiger partial charge < -0.3 is 9.64 Å². The lowest BCUT2D eigenvalue weighted by molar-refractivity contribution is -0.118. The van der Waals surface area contributed by atoms with Crippen LogP contribution < -0.4 is 9.64 Å². The van der Waals surface area contributed by atoms with E-state index in [0.717, 1.165) is 39.8 Å². The molecule has 1 fully saturated rings. The van der Waals surface area contributed by atoms with E-state index in [1.54, 1.807) is 12.0 Å². The van der Waals surface area contributed by atoms with E-state index in [0.29, 0.717) is 0 Å². The summed E-state index contributed by atoms with van der Waals surface area (Å²) in [5.74, 6) is 0.823. The van der Waals surface area contributed by atoms with E-state index in [1.165, 1.54) is 0 Å². The molecule has 18 heavy (non-hydrogen) atoms. The molecule has 1 saturated heterocycles. The molecule has 3 nitrogen and oxygen atoms in total. The molecule has 0 aliphatic carbocycles. The Bertz CT molecular complexity index is 479. The number of alkyl halides is 1. The van der Waals surface area contributed by atoms with Gasteiger partial charge in [-0.1, -0.05) is 15.9 Å². The first kappa shape index (κ1) is 14.3. The Morgan fingerprint density at radius 1 is 1.33 bits per heavy atom. The van der Waals surface area contributed by atoms with Crippen molar-refractivity contribution in [3.05, 3.63) is 21.1 Å². The van der Waals surface area contributed by atoms with Gasteiger partial charge >= 0.3 is 0 Å². The molecule has 1 aliphatic rings. The summed E-state index contributed by atoms with van der Waals surface area (Å²) in [5, 5.41) is 0. The number of piperidine rings is 1. The van der Waals surface area contributed by atoms with Gasteiger partial charge in [-0.25, -0.2) is 0 Å². The van der Waals surface area contributed by atoms with Gasteiger partial charge in [0.25, 0.3) is 0 Å². The number of amides is 1. The standard InChI is InChI=1S/C12H12Br3NO2/c1-18-11-6-10(8(14)5-9(11)15)16-4-2-3-7(13)12(16)17/h5-7H,2-4H2,1H3. The molecule has 0 aromatic heterocycles. The van der Waals surface area contributed by atoms with E-state index in [1.807, 2.05) is 12.1 Å². The highest BCUT2D eigenvalue weighted by Crippen LogP contribution is 2.38. The number of hydrogen-bond donors (Lipinski definition) is 0. The fourth-order valence-electron chi connectivity index (χ4n) is 1.95. The second-order valence-corrected chi connectivity index (χ2v) is 6.85. The number of methoxy groups -OCH3 is 1. The maximum atomic E-state index is 12.2. The Labute approximate surface area is 131 Å². The Morgan fingerprint density at radius 3 is 2.72 bits per heavy atom. The van der Waals surface area contributed by atoms with Crippen LogP contribution in [-0.4, -0.2) is 24.4 Å². The average molecular weight is 442 g/mol. The van der Waals surface area contributed by atoms with E-state index < -0.39 is 0 Å². The molecule has 1 amide bonds. The van der Waals surface area contributed by atoms with Crippen molar-refractivity contribution >= 4 is 59.4 Å². The van der Waals surface area contributed by atoms with Crippen LogP contribution in [0.5, 0.6) is 5.75 Å². The molecule has 0 bridgehead atoms. The number of carbonyl (C=O) groups excluding carboxylic acids is 1. The summed E-state index contributed by atoms with van der Waals surface area (Å²) < 4.78 is 7.02. The zero-order chi connectivity index (χ0) is 13.3. The normalized spacial score (nSPS) is 20.1. The second kappa shape index (κ2) is 5.92. The molecular weight excluding hydrogens is 430 g/mol. The van der Waals surface area contributed by atoms with E-state index in [4.69, 9.17) is 4.74 Å². The van der Waals surface area contributed by atoms with Gasteiger partial charge in [-0.2, -0.15) is 0 Å². The Balaban J connectivity index is 2.40. The van der Waals surface area contributed by atoms with Gasteiger partial charge in [0.05, 0.1) is 22.1 Å². The Kier molecular flexibility index (Phi) is 4.72. The zero-order valence-electron chi connectivity index (χ0n) is 9.75. The number of anilines is 1. The van der Waals surface area contributed by atoms with Gasteiger partial charge in [-0.15, -0.1) is 0 Å². The minimum absolute atomic E-state index is 0.0900. The molecule has 1 atom stereocenters. The van der Waals surface area contributed by atoms with Gasteiger partial charge in [0.1, 0.15) is 5.75 Å². The molecule has 98 valence electrons. The largest absolute Gasteiger partial charge is 0.495 e. The van der Waals surface area contributed by atoms with Crippen LogP contribution in [-0.2, 0) is 4.79 Å². The van der Waals surface area contributed by atoms with Crippen LogP contribution in [0.1, 0.15) is 12.8 Å². The van der Waals surface area contributed by atoms with Crippen molar-refractivity contribution in [3.63, 3.8) is 0 Å². The number of rotatable bonds is 2. The van der Waals surface area contributed by atoms with Crippen LogP contribution in [0.3, 0.4) is 0 Å². The van der Waals surface area contributed by atoms with Crippen LogP contribution in [0.15, 0.2) is 21.1 Å². The summed E-state index contributed by atoms with van der Waals surface area (Å²) in [7, 11) is 1.61. The fourth-order valence-corrected chi connectivity index (χ4v) is 3.89. The second-order valence-electron chi connectivity index (χ2n) is 4.04. The molecule has 1 aliphatic heterocycles. The van der Waals surface area contributed by atoms with E-state index in [2.05, 4.69) is 47.8 Å². The summed E-state index contributed by atoms with van der Waals surface area (Å²) in [6, 6.07) is 3.77. The third-order valence-electron chi connectivity index (χ3n) is 2.89. The summed E-state index contributed by atoms with van der Waals surface area (Å²) >= 11 is 10.3. The molecule has 0 N–H and O–H groups in total. The molecule has 1 heterocycles. The lowest BCUT2D eigenvalue weighted by atomic mass is 10.1. The first-order valence-electron chi connectivity index (χ1n) is 5.53. The zero-order valence-corrected chi connectivity index (χ0v) is 14.5. The number of carbonyl (C=O) groups is 1. The highest BCUT2D eigenvalue weighted by Gasteiger charge is 2.29. The smallest absolute Gasteiger partial charge is 0.240 e. The third-order valence-corrected chi connectivity index (χ3v) is 4.99. The lowest BCUT2D eigenvalue weighted by Gasteiger charge is -2.30. The molecule has 6 heteroatoms. The molecular formula is C12H12Br3NO2. The third kappa shape index (κ3) is 2.75. The molecule has 0 saturated carbocycles. The SMILES string of the molecule is COc1cc(N2CCCC(Br)C2=O)c(Br)cc1Br. The van der Waals surface area contributed by atoms with E-state index >= 15 is 0 Å². The van der Waals surface area contributed by atoms with Gasteiger partial charge in [0, 0.05) is 17.1 Å². The summed E-state index contributed by atoms with van der Waals surface area (Å²) in [5.41, 5.74) is 0.851. The van der Waals surface area contributed by atoms with Gasteiger partial charge in [-0.05, 0) is 50.8 Å². The summed E-state index contributed by atoms with van der Waals surface area (Å²) in [6.45, 7) is 0.740. The predicted molar refractivity (Wildman–Crippen MR) is 82.7 cm³/mol. The van der Waals surface area contributed by atoms with Gasteiger partial charge in [-0.3, -0.25) is 4.79 Å². The van der Waals surface area contributed by atoms with Crippen molar-refractivity contribution in [2.75, 3.05) is 18.6 Å². The molecule has 0 radical (unpaired) electrons. The first-order chi connectivity index (χ1) is 8.54. The van der Waals surface area contributed by atoms with Crippen molar-refractivity contribution in [2.24, 2.45) is 0 Å². The van der Waals surface area contributed by atoms with Crippen LogP contribution in [0.4, 0.5) is 5.69 Å². The number of hydrogen-bond acceptors (Lipinski definition) is 2. The van der Waals surface area contributed by atoms with Crippen molar-refractivity contribution < 1.29 is 9.53 Å². The van der Waals surface area contributed by atoms with Crippen molar-refractivity contribution in [1.82, 2.24) is 0 Å². The monoisotopic (exact) mass is 439 g/mol. The molecule has 2 rings (SSSR count). The number of halogens is 3. The molecule has 0 spiro atoms. The summed E-state index contributed by atoms with van der Waals surface area (Å²) in [6.07, 6.45) is 1.88. The molecule has 1 aromatic rings. The van der Waals surface area contributed by atoms with Crippen molar-refractivity contribution in [1.29, 1.82) is 0 Å². The highest BCUT2D eigenvalue weighted by molar-refractivity contribution is 9.11. The van der Waals surface area contributed by atoms with Crippen LogP contribution in [0, 0.1) is 0 Å². The maximum absolute atomic E-state index is 12.2. The minimum Gasteiger partial charge on any atom is -0.495 e. The summed E-state index contributed by atoms with van der Waals surface area (Å²) in [4.78, 5) is 13.9. The van der Waals surface area contributed by atoms with Crippen LogP contribution in [0.25, 0.3) is 0 Å². The lowest BCUT2D eigenvalue weighted by Crippen LogP contribution is -2.42. The maximum Gasteiger partial charge on any atom is 0.240 e. The number of ether oxygens (including phenoxy) is 1. The van der Waals surface area contributed by atoms with Crippen molar-refractivity contribution in [3.8, 4) is 5.75 Å². The minimum atomic E-state index is -0.0900. The molecule has 1 aromatic carbocycles.